The molecule has 0 aliphatic carbocycles. The Bertz CT molecular complexity index is 1170. The largest absolute Gasteiger partial charge is 0.497 e. The van der Waals surface area contributed by atoms with Crippen LogP contribution in [-0.4, -0.2) is 52.4 Å². The van der Waals surface area contributed by atoms with Gasteiger partial charge in [0.25, 0.3) is 0 Å². The summed E-state index contributed by atoms with van der Waals surface area (Å²) in [6.07, 6.45) is 0. The lowest BCUT2D eigenvalue weighted by atomic mass is 10.2. The minimum Gasteiger partial charge on any atom is -0.497 e. The third kappa shape index (κ3) is 3.07. The van der Waals surface area contributed by atoms with Gasteiger partial charge in [0.15, 0.2) is 0 Å². The van der Waals surface area contributed by atoms with E-state index in [0.717, 1.165) is 53.8 Å². The number of ether oxygens (including phenoxy) is 1. The van der Waals surface area contributed by atoms with Crippen molar-refractivity contribution in [3.63, 3.8) is 0 Å². The van der Waals surface area contributed by atoms with Crippen molar-refractivity contribution in [2.24, 2.45) is 0 Å². The standard InChI is InChI=1S/C20H21N5OS2/c1-26-16-8-6-15(7-9-16)23-12-10-22(11-13-23)14-24-20(27)25-17-4-2-3-5-18(17)28-19(25)21-24/h2-9H,10-14H2,1H3. The quantitative estimate of drug-likeness (QED) is 0.477. The van der Waals surface area contributed by atoms with Crippen LogP contribution < -0.4 is 9.64 Å². The van der Waals surface area contributed by atoms with Gasteiger partial charge in [-0.2, -0.15) is 0 Å². The number of anilines is 1. The van der Waals surface area contributed by atoms with Gasteiger partial charge in [-0.15, -0.1) is 5.10 Å². The maximum atomic E-state index is 5.72. The Morgan fingerprint density at radius 2 is 1.79 bits per heavy atom. The van der Waals surface area contributed by atoms with E-state index < -0.39 is 0 Å². The Kier molecular flexibility index (Phi) is 4.54. The zero-order valence-electron chi connectivity index (χ0n) is 15.6. The molecule has 1 aliphatic heterocycles. The van der Waals surface area contributed by atoms with Crippen molar-refractivity contribution in [1.82, 2.24) is 19.1 Å². The second-order valence-corrected chi connectivity index (χ2v) is 8.29. The molecule has 1 aliphatic rings. The number of methoxy groups -OCH3 is 1. The molecular formula is C20H21N5OS2. The zero-order chi connectivity index (χ0) is 19.1. The van der Waals surface area contributed by atoms with Gasteiger partial charge >= 0.3 is 0 Å². The van der Waals surface area contributed by atoms with E-state index in [1.807, 2.05) is 22.9 Å². The third-order valence-corrected chi connectivity index (χ3v) is 6.67. The van der Waals surface area contributed by atoms with E-state index in [2.05, 4.69) is 44.5 Å². The van der Waals surface area contributed by atoms with Gasteiger partial charge in [0.1, 0.15) is 5.75 Å². The Balaban J connectivity index is 1.30. The first-order valence-electron chi connectivity index (χ1n) is 9.31. The Morgan fingerprint density at radius 3 is 2.54 bits per heavy atom. The van der Waals surface area contributed by atoms with E-state index in [0.29, 0.717) is 0 Å². The number of thiazole rings is 1. The smallest absolute Gasteiger partial charge is 0.216 e. The average molecular weight is 412 g/mol. The number of para-hydroxylation sites is 1. The zero-order valence-corrected chi connectivity index (χ0v) is 17.2. The number of rotatable bonds is 4. The van der Waals surface area contributed by atoms with Crippen LogP contribution in [0, 0.1) is 4.77 Å². The minimum atomic E-state index is 0.734. The summed E-state index contributed by atoms with van der Waals surface area (Å²) in [4.78, 5) is 5.78. The summed E-state index contributed by atoms with van der Waals surface area (Å²) in [5.41, 5.74) is 2.38. The highest BCUT2D eigenvalue weighted by Gasteiger charge is 2.19. The van der Waals surface area contributed by atoms with Crippen LogP contribution in [0.3, 0.4) is 0 Å². The molecule has 0 spiro atoms. The highest BCUT2D eigenvalue weighted by Crippen LogP contribution is 2.26. The van der Waals surface area contributed by atoms with Gasteiger partial charge in [0.2, 0.25) is 9.73 Å². The number of nitrogens with zero attached hydrogens (tertiary/aromatic N) is 5. The van der Waals surface area contributed by atoms with Gasteiger partial charge in [-0.25, -0.2) is 4.68 Å². The van der Waals surface area contributed by atoms with Crippen LogP contribution in [0.1, 0.15) is 0 Å². The Hall–Kier alpha value is -2.42. The number of fused-ring (bicyclic) bond motifs is 3. The molecule has 2 aromatic heterocycles. The lowest BCUT2D eigenvalue weighted by molar-refractivity contribution is 0.195. The summed E-state index contributed by atoms with van der Waals surface area (Å²) in [7, 11) is 1.70. The topological polar surface area (TPSA) is 37.9 Å². The van der Waals surface area contributed by atoms with Crippen LogP contribution in [0.15, 0.2) is 48.5 Å². The van der Waals surface area contributed by atoms with Gasteiger partial charge in [-0.3, -0.25) is 9.30 Å². The van der Waals surface area contributed by atoms with Gasteiger partial charge < -0.3 is 9.64 Å². The maximum Gasteiger partial charge on any atom is 0.216 e. The van der Waals surface area contributed by atoms with Crippen LogP contribution in [-0.2, 0) is 6.67 Å². The first-order chi connectivity index (χ1) is 13.7. The molecule has 0 bridgehead atoms. The highest BCUT2D eigenvalue weighted by molar-refractivity contribution is 7.71. The molecule has 0 unspecified atom stereocenters. The maximum absolute atomic E-state index is 5.72. The molecule has 8 heteroatoms. The summed E-state index contributed by atoms with van der Waals surface area (Å²) in [6, 6.07) is 16.6. The summed E-state index contributed by atoms with van der Waals surface area (Å²) < 4.78 is 11.3. The van der Waals surface area contributed by atoms with E-state index in [1.54, 1.807) is 18.4 Å². The second kappa shape index (κ2) is 7.20. The molecule has 0 N–H and O–H groups in total. The molecule has 0 amide bonds. The van der Waals surface area contributed by atoms with Crippen molar-refractivity contribution >= 4 is 44.4 Å². The average Bonchev–Trinajstić information content (AvgIpc) is 3.25. The lowest BCUT2D eigenvalue weighted by Crippen LogP contribution is -2.46. The number of piperazine rings is 1. The normalized spacial score (nSPS) is 15.5. The predicted octanol–water partition coefficient (Wildman–Crippen LogP) is 3.87. The summed E-state index contributed by atoms with van der Waals surface area (Å²) in [6.45, 7) is 4.69. The molecule has 0 atom stereocenters. The molecule has 0 radical (unpaired) electrons. The monoisotopic (exact) mass is 411 g/mol. The van der Waals surface area contributed by atoms with Gasteiger partial charge in [0, 0.05) is 31.9 Å². The van der Waals surface area contributed by atoms with Crippen molar-refractivity contribution < 1.29 is 4.74 Å². The molecule has 1 saturated heterocycles. The number of hydrogen-bond donors (Lipinski definition) is 0. The molecule has 1 fully saturated rings. The molecule has 0 saturated carbocycles. The summed E-state index contributed by atoms with van der Waals surface area (Å²) >= 11 is 7.41. The SMILES string of the molecule is COc1ccc(N2CCN(Cn3nc4sc5ccccc5n4c3=S)CC2)cc1. The fourth-order valence-corrected chi connectivity index (χ4v) is 5.07. The van der Waals surface area contributed by atoms with Crippen LogP contribution in [0.5, 0.6) is 5.75 Å². The van der Waals surface area contributed by atoms with E-state index >= 15 is 0 Å². The highest BCUT2D eigenvalue weighted by atomic mass is 32.1. The Morgan fingerprint density at radius 1 is 1.04 bits per heavy atom. The molecule has 144 valence electrons. The molecule has 5 rings (SSSR count). The van der Waals surface area contributed by atoms with Crippen LogP contribution in [0.4, 0.5) is 5.69 Å². The van der Waals surface area contributed by atoms with Crippen molar-refractivity contribution in [1.29, 1.82) is 0 Å². The van der Waals surface area contributed by atoms with Gasteiger partial charge in [-0.1, -0.05) is 23.5 Å². The summed E-state index contributed by atoms with van der Waals surface area (Å²) in [5, 5.41) is 4.76. The third-order valence-electron chi connectivity index (χ3n) is 5.26. The first kappa shape index (κ1) is 17.7. The van der Waals surface area contributed by atoms with E-state index in [-0.39, 0.29) is 0 Å². The molecule has 4 aromatic rings. The molecule has 6 nitrogen and oxygen atoms in total. The van der Waals surface area contributed by atoms with Crippen LogP contribution in [0.2, 0.25) is 0 Å². The van der Waals surface area contributed by atoms with Gasteiger partial charge in [-0.05, 0) is 48.6 Å². The fraction of sp³-hybridized carbons (Fsp3) is 0.300. The van der Waals surface area contributed by atoms with Crippen molar-refractivity contribution in [3.8, 4) is 5.75 Å². The number of aromatic nitrogens is 3. The molecular weight excluding hydrogens is 390 g/mol. The fourth-order valence-electron chi connectivity index (χ4n) is 3.71. The second-order valence-electron chi connectivity index (χ2n) is 6.91. The molecule has 3 heterocycles. The van der Waals surface area contributed by atoms with E-state index in [1.165, 1.54) is 10.4 Å². The van der Waals surface area contributed by atoms with E-state index in [4.69, 9.17) is 22.1 Å². The van der Waals surface area contributed by atoms with Crippen LogP contribution >= 0.6 is 23.6 Å². The van der Waals surface area contributed by atoms with Crippen LogP contribution in [0.25, 0.3) is 15.2 Å². The van der Waals surface area contributed by atoms with Gasteiger partial charge in [0.05, 0.1) is 24.0 Å². The lowest BCUT2D eigenvalue weighted by Gasteiger charge is -2.35. The molecule has 2 aromatic carbocycles. The number of hydrogen-bond acceptors (Lipinski definition) is 6. The van der Waals surface area contributed by atoms with Crippen molar-refractivity contribution in [3.05, 3.63) is 53.3 Å². The van der Waals surface area contributed by atoms with Crippen molar-refractivity contribution in [2.75, 3.05) is 38.2 Å². The van der Waals surface area contributed by atoms with E-state index in [9.17, 15) is 0 Å². The van der Waals surface area contributed by atoms with Crippen molar-refractivity contribution in [2.45, 2.75) is 6.67 Å². The predicted molar refractivity (Wildman–Crippen MR) is 116 cm³/mol. The first-order valence-corrected chi connectivity index (χ1v) is 10.5. The number of benzene rings is 2. The Labute approximate surface area is 172 Å². The summed E-state index contributed by atoms with van der Waals surface area (Å²) in [5.74, 6) is 0.893. The minimum absolute atomic E-state index is 0.734. The molecule has 28 heavy (non-hydrogen) atoms.